The first-order chi connectivity index (χ1) is 18.3. The van der Waals surface area contributed by atoms with Crippen LogP contribution in [-0.2, 0) is 6.54 Å². The van der Waals surface area contributed by atoms with Crippen LogP contribution in [0.4, 0.5) is 21.5 Å². The summed E-state index contributed by atoms with van der Waals surface area (Å²) >= 11 is 5.74. The maximum Gasteiger partial charge on any atom is 0.257 e. The number of aliphatic imine (C=N–C) groups is 1. The zero-order valence-corrected chi connectivity index (χ0v) is 22.1. The molecule has 0 aliphatic heterocycles. The Labute approximate surface area is 224 Å². The number of fused-ring (bicyclic) bond motifs is 1. The summed E-state index contributed by atoms with van der Waals surface area (Å²) in [6.45, 7) is 6.50. The molecule has 0 saturated heterocycles. The van der Waals surface area contributed by atoms with E-state index in [-0.39, 0.29) is 22.2 Å². The Kier molecular flexibility index (Phi) is 8.49. The molecule has 0 radical (unpaired) electrons. The number of benzene rings is 1. The van der Waals surface area contributed by atoms with Gasteiger partial charge in [0.15, 0.2) is 11.5 Å². The lowest BCUT2D eigenvalue weighted by atomic mass is 10.0. The Morgan fingerprint density at radius 1 is 1.29 bits per heavy atom. The second kappa shape index (κ2) is 12.0. The number of hydrogen-bond donors (Lipinski definition) is 3. The molecule has 0 aliphatic rings. The van der Waals surface area contributed by atoms with E-state index >= 15 is 0 Å². The van der Waals surface area contributed by atoms with Gasteiger partial charge in [0.25, 0.3) is 5.91 Å². The summed E-state index contributed by atoms with van der Waals surface area (Å²) < 4.78 is 16.0. The molecule has 12 heteroatoms. The first kappa shape index (κ1) is 27.0. The number of nitrogens with one attached hydrogen (secondary N) is 2. The summed E-state index contributed by atoms with van der Waals surface area (Å²) in [6, 6.07) is 4.76. The van der Waals surface area contributed by atoms with Crippen LogP contribution in [0.1, 0.15) is 34.1 Å². The van der Waals surface area contributed by atoms with Gasteiger partial charge in [0, 0.05) is 87.1 Å². The molecule has 0 unspecified atom stereocenters. The van der Waals surface area contributed by atoms with E-state index in [1.807, 2.05) is 13.0 Å². The monoisotopic (exact) mass is 537 g/mol. The maximum atomic E-state index is 14.5. The van der Waals surface area contributed by atoms with Crippen LogP contribution in [0.3, 0.4) is 0 Å². The van der Waals surface area contributed by atoms with Crippen LogP contribution in [0, 0.1) is 12.7 Å². The molecule has 38 heavy (non-hydrogen) atoms. The van der Waals surface area contributed by atoms with Gasteiger partial charge >= 0.3 is 0 Å². The van der Waals surface area contributed by atoms with Crippen LogP contribution in [-0.4, -0.2) is 58.2 Å². The normalized spacial score (nSPS) is 11.4. The molecule has 0 fully saturated rings. The Balaban J connectivity index is 1.50. The van der Waals surface area contributed by atoms with Crippen LogP contribution in [0.2, 0.25) is 5.28 Å². The van der Waals surface area contributed by atoms with Crippen molar-refractivity contribution in [3.63, 3.8) is 0 Å². The third-order valence-electron chi connectivity index (χ3n) is 5.94. The fourth-order valence-electron chi connectivity index (χ4n) is 4.14. The summed E-state index contributed by atoms with van der Waals surface area (Å²) in [7, 11) is 1.65. The number of rotatable bonds is 10. The zero-order valence-electron chi connectivity index (χ0n) is 21.4. The van der Waals surface area contributed by atoms with Gasteiger partial charge in [-0.3, -0.25) is 9.79 Å². The molecule has 10 nitrogen and oxygen atoms in total. The van der Waals surface area contributed by atoms with E-state index in [0.29, 0.717) is 43.1 Å². The third kappa shape index (κ3) is 6.06. The van der Waals surface area contributed by atoms with Crippen LogP contribution in [0.15, 0.2) is 48.0 Å². The summed E-state index contributed by atoms with van der Waals surface area (Å²) in [5.74, 6) is -0.987. The molecule has 0 bridgehead atoms. The molecule has 0 spiro atoms. The second-order valence-electron chi connectivity index (χ2n) is 8.61. The number of anilines is 3. The van der Waals surface area contributed by atoms with E-state index in [1.165, 1.54) is 10.5 Å². The van der Waals surface area contributed by atoms with E-state index in [1.54, 1.807) is 51.0 Å². The van der Waals surface area contributed by atoms with E-state index in [9.17, 15) is 9.18 Å². The number of hydrogen-bond acceptors (Lipinski definition) is 8. The Morgan fingerprint density at radius 2 is 2.05 bits per heavy atom. The molecular formula is C26H29ClFN9O. The molecule has 4 aromatic rings. The number of halogens is 2. The number of nitrogens with two attached hydrogens (primary N) is 1. The van der Waals surface area contributed by atoms with Crippen molar-refractivity contribution >= 4 is 46.4 Å². The summed E-state index contributed by atoms with van der Waals surface area (Å²) in [4.78, 5) is 31.5. The van der Waals surface area contributed by atoms with E-state index in [2.05, 4.69) is 35.5 Å². The Hall–Kier alpha value is -4.09. The molecular weight excluding hydrogens is 509 g/mol. The number of nitrogens with zero attached hydrogens (tertiary/aromatic N) is 6. The molecule has 3 heterocycles. The molecule has 1 aromatic carbocycles. The molecule has 198 valence electrons. The highest BCUT2D eigenvalue weighted by atomic mass is 35.5. The highest BCUT2D eigenvalue weighted by Gasteiger charge is 2.19. The number of carbonyl (C=O) groups is 1. The van der Waals surface area contributed by atoms with E-state index < -0.39 is 11.7 Å². The lowest BCUT2D eigenvalue weighted by Gasteiger charge is -2.26. The van der Waals surface area contributed by atoms with Crippen molar-refractivity contribution in [1.29, 1.82) is 0 Å². The molecule has 1 amide bonds. The number of amides is 1. The van der Waals surface area contributed by atoms with Gasteiger partial charge in [0.2, 0.25) is 5.28 Å². The lowest BCUT2D eigenvalue weighted by Crippen LogP contribution is -2.33. The number of nitrogen functional groups attached to an aromatic ring is 1. The van der Waals surface area contributed by atoms with Gasteiger partial charge in [-0.15, -0.1) is 0 Å². The molecule has 0 atom stereocenters. The van der Waals surface area contributed by atoms with Crippen molar-refractivity contribution < 1.29 is 9.18 Å². The highest BCUT2D eigenvalue weighted by Crippen LogP contribution is 2.29. The largest absolute Gasteiger partial charge is 0.397 e. The minimum Gasteiger partial charge on any atom is -0.397 e. The van der Waals surface area contributed by atoms with E-state index in [0.717, 1.165) is 11.3 Å². The average molecular weight is 538 g/mol. The predicted molar refractivity (Wildman–Crippen MR) is 149 cm³/mol. The average Bonchev–Trinajstić information content (AvgIpc) is 3.27. The standard InChI is InChI=1S/C26H29ClFN9O/c1-4-36(8-7-31-10-17-11-32-26(27)33-12-17)22-6-5-19(23(29)20(22)13-30-3)25(38)35-18-9-21(28)24-34-16(2)14-37(24)15-18/h5-6,9,11-15,31H,4,7-8,10,29H2,1-3H3,(H,35,38). The van der Waals surface area contributed by atoms with Crippen molar-refractivity contribution in [1.82, 2.24) is 24.7 Å². The summed E-state index contributed by atoms with van der Waals surface area (Å²) in [5, 5.41) is 6.32. The van der Waals surface area contributed by atoms with Crippen LogP contribution in [0.25, 0.3) is 5.65 Å². The molecule has 4 N–H and O–H groups in total. The number of aromatic nitrogens is 4. The van der Waals surface area contributed by atoms with Gasteiger partial charge in [0.1, 0.15) is 0 Å². The van der Waals surface area contributed by atoms with Crippen LogP contribution >= 0.6 is 11.6 Å². The summed E-state index contributed by atoms with van der Waals surface area (Å²) in [5.41, 5.74) is 10.6. The minimum atomic E-state index is -0.534. The molecule has 3 aromatic heterocycles. The van der Waals surface area contributed by atoms with Gasteiger partial charge in [-0.1, -0.05) is 0 Å². The number of likely N-dealkylation sites (N-methyl/N-ethyl adjacent to an activating group) is 1. The first-order valence-corrected chi connectivity index (χ1v) is 12.4. The SMILES string of the molecule is CCN(CCNCc1cnc(Cl)nc1)c1ccc(C(=O)Nc2cc(F)c3nc(C)cn3c2)c(N)c1C=NC. The zero-order chi connectivity index (χ0) is 27.2. The van der Waals surface area contributed by atoms with Crippen LogP contribution in [0.5, 0.6) is 0 Å². The van der Waals surface area contributed by atoms with Gasteiger partial charge < -0.3 is 25.7 Å². The molecule has 0 saturated carbocycles. The number of carbonyl (C=O) groups excluding carboxylic acids is 1. The Morgan fingerprint density at radius 3 is 2.76 bits per heavy atom. The van der Waals surface area contributed by atoms with Crippen molar-refractivity contribution in [2.24, 2.45) is 4.99 Å². The predicted octanol–water partition coefficient (Wildman–Crippen LogP) is 3.72. The maximum absolute atomic E-state index is 14.5. The van der Waals surface area contributed by atoms with Gasteiger partial charge in [-0.05, 0) is 37.6 Å². The van der Waals surface area contributed by atoms with Crippen molar-refractivity contribution in [3.8, 4) is 0 Å². The van der Waals surface area contributed by atoms with Crippen molar-refractivity contribution in [2.45, 2.75) is 20.4 Å². The fraction of sp³-hybridized carbons (Fsp3) is 0.269. The first-order valence-electron chi connectivity index (χ1n) is 12.0. The van der Waals surface area contributed by atoms with Gasteiger partial charge in [0.05, 0.1) is 22.6 Å². The van der Waals surface area contributed by atoms with Gasteiger partial charge in [-0.25, -0.2) is 19.3 Å². The summed E-state index contributed by atoms with van der Waals surface area (Å²) in [6.07, 6.45) is 8.30. The lowest BCUT2D eigenvalue weighted by molar-refractivity contribution is 0.102. The highest BCUT2D eigenvalue weighted by molar-refractivity contribution is 6.28. The quantitative estimate of drug-likeness (QED) is 0.122. The smallest absolute Gasteiger partial charge is 0.257 e. The van der Waals surface area contributed by atoms with Gasteiger partial charge in [-0.2, -0.15) is 0 Å². The second-order valence-corrected chi connectivity index (χ2v) is 8.95. The molecule has 0 aliphatic carbocycles. The number of aryl methyl sites for hydroxylation is 1. The Bertz CT molecular complexity index is 1470. The van der Waals surface area contributed by atoms with Crippen molar-refractivity contribution in [3.05, 3.63) is 76.5 Å². The number of imidazole rings is 1. The van der Waals surface area contributed by atoms with Crippen LogP contribution < -0.4 is 21.3 Å². The minimum absolute atomic E-state index is 0.196. The number of pyridine rings is 1. The fourth-order valence-corrected chi connectivity index (χ4v) is 4.23. The van der Waals surface area contributed by atoms with Crippen molar-refractivity contribution in [2.75, 3.05) is 42.6 Å². The topological polar surface area (TPSA) is 126 Å². The third-order valence-corrected chi connectivity index (χ3v) is 6.13. The van der Waals surface area contributed by atoms with E-state index in [4.69, 9.17) is 17.3 Å². The molecule has 4 rings (SSSR count).